The summed E-state index contributed by atoms with van der Waals surface area (Å²) in [4.78, 5) is 2.24. The van der Waals surface area contributed by atoms with Crippen LogP contribution in [-0.4, -0.2) is 23.1 Å². The third-order valence-corrected chi connectivity index (χ3v) is 4.70. The van der Waals surface area contributed by atoms with E-state index < -0.39 is 0 Å². The zero-order chi connectivity index (χ0) is 15.5. The Morgan fingerprint density at radius 1 is 1.23 bits per heavy atom. The van der Waals surface area contributed by atoms with Gasteiger partial charge >= 0.3 is 0 Å². The van der Waals surface area contributed by atoms with Gasteiger partial charge in [-0.1, -0.05) is 47.5 Å². The molecule has 4 heteroatoms. The molecule has 22 heavy (non-hydrogen) atoms. The first kappa shape index (κ1) is 15.3. The third-order valence-electron chi connectivity index (χ3n) is 4.10. The van der Waals surface area contributed by atoms with Gasteiger partial charge in [0.1, 0.15) is 0 Å². The van der Waals surface area contributed by atoms with Gasteiger partial charge in [0.25, 0.3) is 0 Å². The Morgan fingerprint density at radius 2 is 2.00 bits per heavy atom. The largest absolute Gasteiger partial charge is 0.348 e. The van der Waals surface area contributed by atoms with Crippen LogP contribution in [0.25, 0.3) is 0 Å². The number of aryl methyl sites for hydroxylation is 1. The highest BCUT2D eigenvalue weighted by Crippen LogP contribution is 2.28. The van der Waals surface area contributed by atoms with Crippen LogP contribution in [0.5, 0.6) is 0 Å². The minimum absolute atomic E-state index is 0.555. The summed E-state index contributed by atoms with van der Waals surface area (Å²) >= 11 is 11.5. The highest BCUT2D eigenvalue weighted by molar-refractivity contribution is 7.80. The molecule has 0 unspecified atom stereocenters. The smallest absolute Gasteiger partial charge is 0.173 e. The number of likely N-dealkylation sites (tertiary alicyclic amines) is 1. The topological polar surface area (TPSA) is 15.3 Å². The molecule has 1 N–H and O–H groups in total. The lowest BCUT2D eigenvalue weighted by Gasteiger charge is -2.21. The number of nitrogens with one attached hydrogen (secondary N) is 1. The second-order valence-corrected chi connectivity index (χ2v) is 6.61. The van der Waals surface area contributed by atoms with Crippen LogP contribution in [0.2, 0.25) is 5.02 Å². The minimum atomic E-state index is 0.555. The molecule has 1 heterocycles. The van der Waals surface area contributed by atoms with Crippen molar-refractivity contribution >= 4 is 34.6 Å². The van der Waals surface area contributed by atoms with Gasteiger partial charge in [-0.25, -0.2) is 0 Å². The summed E-state index contributed by atoms with van der Waals surface area (Å²) < 4.78 is 0. The molecule has 0 spiro atoms. The lowest BCUT2D eigenvalue weighted by atomic mass is 9.98. The van der Waals surface area contributed by atoms with Crippen LogP contribution in [-0.2, 0) is 0 Å². The van der Waals surface area contributed by atoms with E-state index in [9.17, 15) is 0 Å². The maximum absolute atomic E-state index is 6.01. The molecule has 1 fully saturated rings. The Bertz CT molecular complexity index is 669. The van der Waals surface area contributed by atoms with Gasteiger partial charge in [-0.3, -0.25) is 0 Å². The number of anilines is 1. The Hall–Kier alpha value is -1.58. The van der Waals surface area contributed by atoms with Crippen molar-refractivity contribution in [2.24, 2.45) is 0 Å². The van der Waals surface area contributed by atoms with Gasteiger partial charge in [0.2, 0.25) is 0 Å². The Balaban J connectivity index is 1.62. The Labute approximate surface area is 142 Å². The molecule has 2 aromatic carbocycles. The average molecular weight is 331 g/mol. The lowest BCUT2D eigenvalue weighted by Crippen LogP contribution is -2.32. The number of rotatable bonds is 2. The Kier molecular flexibility index (Phi) is 4.65. The molecule has 2 aromatic rings. The number of thiocarbonyl (C=S) groups is 1. The van der Waals surface area contributed by atoms with Gasteiger partial charge in [0.15, 0.2) is 5.11 Å². The number of benzene rings is 2. The average Bonchev–Trinajstić information content (AvgIpc) is 2.98. The highest BCUT2D eigenvalue weighted by atomic mass is 35.5. The van der Waals surface area contributed by atoms with Gasteiger partial charge in [-0.15, -0.1) is 0 Å². The quantitative estimate of drug-likeness (QED) is 0.794. The second kappa shape index (κ2) is 6.67. The van der Waals surface area contributed by atoms with Crippen LogP contribution < -0.4 is 5.32 Å². The van der Waals surface area contributed by atoms with E-state index in [0.717, 1.165) is 30.3 Å². The summed E-state index contributed by atoms with van der Waals surface area (Å²) in [5.41, 5.74) is 3.65. The van der Waals surface area contributed by atoms with Crippen molar-refractivity contribution < 1.29 is 0 Å². The van der Waals surface area contributed by atoms with E-state index in [1.165, 1.54) is 11.1 Å². The molecule has 0 saturated carbocycles. The first-order valence-electron chi connectivity index (χ1n) is 7.50. The molecule has 1 saturated heterocycles. The zero-order valence-corrected chi connectivity index (χ0v) is 14.1. The maximum atomic E-state index is 6.01. The summed E-state index contributed by atoms with van der Waals surface area (Å²) in [6.07, 6.45) is 1.14. The van der Waals surface area contributed by atoms with Crippen molar-refractivity contribution in [1.29, 1.82) is 0 Å². The molecule has 1 aliphatic heterocycles. The summed E-state index contributed by atoms with van der Waals surface area (Å²) in [5.74, 6) is 0.555. The molecule has 114 valence electrons. The van der Waals surface area contributed by atoms with Gasteiger partial charge in [-0.05, 0) is 49.3 Å². The highest BCUT2D eigenvalue weighted by Gasteiger charge is 2.25. The summed E-state index contributed by atoms with van der Waals surface area (Å²) in [6, 6.07) is 16.5. The molecule has 3 rings (SSSR count). The minimum Gasteiger partial charge on any atom is -0.348 e. The predicted octanol–water partition coefficient (Wildman–Crippen LogP) is 4.83. The summed E-state index contributed by atoms with van der Waals surface area (Å²) in [6.45, 7) is 4.08. The number of halogens is 1. The van der Waals surface area contributed by atoms with E-state index in [0.29, 0.717) is 10.9 Å². The van der Waals surface area contributed by atoms with E-state index in [4.69, 9.17) is 23.8 Å². The first-order valence-corrected chi connectivity index (χ1v) is 8.28. The molecule has 0 aliphatic carbocycles. The third kappa shape index (κ3) is 3.60. The Morgan fingerprint density at radius 3 is 2.73 bits per heavy atom. The van der Waals surface area contributed by atoms with E-state index in [-0.39, 0.29) is 0 Å². The molecule has 0 amide bonds. The van der Waals surface area contributed by atoms with Crippen LogP contribution in [0.3, 0.4) is 0 Å². The molecule has 1 aliphatic rings. The summed E-state index contributed by atoms with van der Waals surface area (Å²) in [5, 5.41) is 4.77. The lowest BCUT2D eigenvalue weighted by molar-refractivity contribution is 0.518. The fourth-order valence-electron chi connectivity index (χ4n) is 2.82. The fourth-order valence-corrected chi connectivity index (χ4v) is 3.30. The van der Waals surface area contributed by atoms with Crippen LogP contribution in [0.15, 0.2) is 48.5 Å². The van der Waals surface area contributed by atoms with Crippen LogP contribution >= 0.6 is 23.8 Å². The maximum Gasteiger partial charge on any atom is 0.173 e. The SMILES string of the molecule is Cc1ccc([C@H]2CCN(C(=S)Nc3cccc(Cl)c3)C2)cc1. The molecule has 1 atom stereocenters. The fraction of sp³-hybridized carbons (Fsp3) is 0.278. The molecular formula is C18H19ClN2S. The van der Waals surface area contributed by atoms with E-state index >= 15 is 0 Å². The number of nitrogens with zero attached hydrogens (tertiary/aromatic N) is 1. The van der Waals surface area contributed by atoms with Crippen LogP contribution in [0.1, 0.15) is 23.5 Å². The van der Waals surface area contributed by atoms with Crippen molar-refractivity contribution in [3.63, 3.8) is 0 Å². The predicted molar refractivity (Wildman–Crippen MR) is 97.8 cm³/mol. The van der Waals surface area contributed by atoms with Crippen LogP contribution in [0, 0.1) is 6.92 Å². The first-order chi connectivity index (χ1) is 10.6. The van der Waals surface area contributed by atoms with Crippen molar-refractivity contribution in [2.45, 2.75) is 19.3 Å². The van der Waals surface area contributed by atoms with Gasteiger partial charge < -0.3 is 10.2 Å². The molecular weight excluding hydrogens is 312 g/mol. The van der Waals surface area contributed by atoms with E-state index in [2.05, 4.69) is 41.4 Å². The number of hydrogen-bond donors (Lipinski definition) is 1. The van der Waals surface area contributed by atoms with Crippen molar-refractivity contribution in [1.82, 2.24) is 4.90 Å². The van der Waals surface area contributed by atoms with Crippen molar-refractivity contribution in [3.05, 3.63) is 64.7 Å². The molecule has 0 aromatic heterocycles. The van der Waals surface area contributed by atoms with E-state index in [1.54, 1.807) is 0 Å². The van der Waals surface area contributed by atoms with Gasteiger partial charge in [-0.2, -0.15) is 0 Å². The number of hydrogen-bond acceptors (Lipinski definition) is 1. The monoisotopic (exact) mass is 330 g/mol. The van der Waals surface area contributed by atoms with Crippen LogP contribution in [0.4, 0.5) is 5.69 Å². The molecule has 0 bridgehead atoms. The van der Waals surface area contributed by atoms with Gasteiger partial charge in [0.05, 0.1) is 0 Å². The van der Waals surface area contributed by atoms with Crippen molar-refractivity contribution in [2.75, 3.05) is 18.4 Å². The second-order valence-electron chi connectivity index (χ2n) is 5.78. The van der Waals surface area contributed by atoms with Crippen molar-refractivity contribution in [3.8, 4) is 0 Å². The van der Waals surface area contributed by atoms with Gasteiger partial charge in [0, 0.05) is 29.7 Å². The molecule has 2 nitrogen and oxygen atoms in total. The zero-order valence-electron chi connectivity index (χ0n) is 12.6. The summed E-state index contributed by atoms with van der Waals surface area (Å²) in [7, 11) is 0. The molecule has 0 radical (unpaired) electrons. The standard InChI is InChI=1S/C18H19ClN2S/c1-13-5-7-14(8-6-13)15-9-10-21(12-15)18(22)20-17-4-2-3-16(19)11-17/h2-8,11,15H,9-10,12H2,1H3,(H,20,22)/t15-/m0/s1. The van der Waals surface area contributed by atoms with E-state index in [1.807, 2.05) is 24.3 Å². The normalized spacial score (nSPS) is 17.5.